The predicted octanol–water partition coefficient (Wildman–Crippen LogP) is 4.93. The molecule has 8 nitrogen and oxygen atoms in total. The summed E-state index contributed by atoms with van der Waals surface area (Å²) in [7, 11) is 1.69. The van der Waals surface area contributed by atoms with Crippen LogP contribution in [-0.4, -0.2) is 21.4 Å². The Bertz CT molecular complexity index is 1710. The minimum absolute atomic E-state index is 0.222. The summed E-state index contributed by atoms with van der Waals surface area (Å²) in [5.41, 5.74) is 11.1. The van der Waals surface area contributed by atoms with Gasteiger partial charge in [0.25, 0.3) is 17.4 Å². The number of hydrogen-bond acceptors (Lipinski definition) is 4. The first kappa shape index (κ1) is 23.6. The van der Waals surface area contributed by atoms with Crippen LogP contribution in [0.25, 0.3) is 22.0 Å². The topological polar surface area (TPSA) is 122 Å². The van der Waals surface area contributed by atoms with Crippen molar-refractivity contribution in [3.05, 3.63) is 112 Å². The molecule has 5 rings (SSSR count). The molecule has 0 aliphatic heterocycles. The maximum atomic E-state index is 13.0. The normalized spacial score (nSPS) is 10.9. The SMILES string of the molecule is Cc1cccc(-c2cn(C)c(=O)c3[nH]c(C(=O)Nc4ccc(C(=O)Nc5ccccc5N)cc4)cc23)c1. The first-order valence-electron chi connectivity index (χ1n) is 11.7. The second-order valence-corrected chi connectivity index (χ2v) is 8.87. The number of fused-ring (bicyclic) bond motifs is 1. The zero-order valence-electron chi connectivity index (χ0n) is 20.3. The van der Waals surface area contributed by atoms with Gasteiger partial charge in [-0.05, 0) is 55.0 Å². The highest BCUT2D eigenvalue weighted by atomic mass is 16.2. The van der Waals surface area contributed by atoms with Crippen molar-refractivity contribution in [1.82, 2.24) is 9.55 Å². The monoisotopic (exact) mass is 491 g/mol. The van der Waals surface area contributed by atoms with Crippen LogP contribution in [0.3, 0.4) is 0 Å². The van der Waals surface area contributed by atoms with Crippen molar-refractivity contribution in [2.45, 2.75) is 6.92 Å². The maximum absolute atomic E-state index is 13.0. The Kier molecular flexibility index (Phi) is 6.07. The standard InChI is InChI=1S/C29H25N5O3/c1-17-6-5-7-19(14-17)22-16-34(2)29(37)26-21(22)15-25(32-26)28(36)31-20-12-10-18(11-13-20)27(35)33-24-9-4-3-8-23(24)30/h3-16,32H,30H2,1-2H3,(H,31,36)(H,33,35). The van der Waals surface area contributed by atoms with Gasteiger partial charge in [-0.3, -0.25) is 14.4 Å². The molecule has 2 amide bonds. The van der Waals surface area contributed by atoms with E-state index in [2.05, 4.69) is 15.6 Å². The fourth-order valence-corrected chi connectivity index (χ4v) is 4.21. The number of nitrogens with two attached hydrogens (primary N) is 1. The highest BCUT2D eigenvalue weighted by Crippen LogP contribution is 2.28. The van der Waals surface area contributed by atoms with Gasteiger partial charge in [0.05, 0.1) is 11.4 Å². The first-order chi connectivity index (χ1) is 17.8. The van der Waals surface area contributed by atoms with Crippen LogP contribution in [0, 0.1) is 6.92 Å². The molecule has 3 aromatic carbocycles. The highest BCUT2D eigenvalue weighted by molar-refractivity contribution is 6.09. The molecule has 0 radical (unpaired) electrons. The van der Waals surface area contributed by atoms with E-state index in [0.29, 0.717) is 33.5 Å². The molecule has 0 bridgehead atoms. The highest BCUT2D eigenvalue weighted by Gasteiger charge is 2.17. The van der Waals surface area contributed by atoms with Gasteiger partial charge in [-0.25, -0.2) is 0 Å². The van der Waals surface area contributed by atoms with E-state index in [-0.39, 0.29) is 17.2 Å². The van der Waals surface area contributed by atoms with Crippen LogP contribution in [0.15, 0.2) is 89.9 Å². The molecule has 0 spiro atoms. The quantitative estimate of drug-likeness (QED) is 0.260. The third-order valence-corrected chi connectivity index (χ3v) is 6.15. The van der Waals surface area contributed by atoms with Crippen LogP contribution in [0.1, 0.15) is 26.4 Å². The van der Waals surface area contributed by atoms with E-state index in [9.17, 15) is 14.4 Å². The van der Waals surface area contributed by atoms with Gasteiger partial charge in [0.15, 0.2) is 0 Å². The van der Waals surface area contributed by atoms with E-state index in [1.165, 1.54) is 4.57 Å². The van der Waals surface area contributed by atoms with Crippen LogP contribution in [0.4, 0.5) is 17.1 Å². The molecule has 37 heavy (non-hydrogen) atoms. The summed E-state index contributed by atoms with van der Waals surface area (Å²) in [5.74, 6) is -0.714. The average Bonchev–Trinajstić information content (AvgIpc) is 3.34. The fourth-order valence-electron chi connectivity index (χ4n) is 4.21. The van der Waals surface area contributed by atoms with Crippen molar-refractivity contribution < 1.29 is 9.59 Å². The molecule has 0 unspecified atom stereocenters. The molecule has 2 aromatic heterocycles. The molecule has 2 heterocycles. The molecule has 8 heteroatoms. The van der Waals surface area contributed by atoms with Crippen molar-refractivity contribution in [3.8, 4) is 11.1 Å². The third kappa shape index (κ3) is 4.72. The van der Waals surface area contributed by atoms with E-state index in [0.717, 1.165) is 16.7 Å². The van der Waals surface area contributed by atoms with Gasteiger partial charge < -0.3 is 25.9 Å². The van der Waals surface area contributed by atoms with Gasteiger partial charge in [0, 0.05) is 35.4 Å². The van der Waals surface area contributed by atoms with Crippen LogP contribution < -0.4 is 21.9 Å². The molecule has 0 aliphatic carbocycles. The summed E-state index contributed by atoms with van der Waals surface area (Å²) in [6.07, 6.45) is 1.78. The number of nitrogen functional groups attached to an aromatic ring is 1. The largest absolute Gasteiger partial charge is 0.397 e. The van der Waals surface area contributed by atoms with Gasteiger partial charge in [-0.1, -0.05) is 42.0 Å². The van der Waals surface area contributed by atoms with Crippen LogP contribution >= 0.6 is 0 Å². The lowest BCUT2D eigenvalue weighted by molar-refractivity contribution is 0.101. The van der Waals surface area contributed by atoms with Crippen molar-refractivity contribution in [1.29, 1.82) is 0 Å². The minimum Gasteiger partial charge on any atom is -0.397 e. The number of rotatable bonds is 5. The lowest BCUT2D eigenvalue weighted by atomic mass is 10.0. The molecule has 5 aromatic rings. The zero-order valence-corrected chi connectivity index (χ0v) is 20.3. The van der Waals surface area contributed by atoms with E-state index < -0.39 is 5.91 Å². The number of nitrogens with zero attached hydrogens (tertiary/aromatic N) is 1. The Balaban J connectivity index is 1.38. The number of amides is 2. The number of aryl methyl sites for hydroxylation is 2. The van der Waals surface area contributed by atoms with Gasteiger partial charge >= 0.3 is 0 Å². The molecule has 0 aliphatic rings. The van der Waals surface area contributed by atoms with Crippen LogP contribution in [0.5, 0.6) is 0 Å². The number of aromatic nitrogens is 2. The van der Waals surface area contributed by atoms with E-state index in [1.54, 1.807) is 67.8 Å². The summed E-state index contributed by atoms with van der Waals surface area (Å²) in [5, 5.41) is 6.26. The number of nitrogens with one attached hydrogen (secondary N) is 3. The molecule has 5 N–H and O–H groups in total. The third-order valence-electron chi connectivity index (χ3n) is 6.15. The van der Waals surface area contributed by atoms with Crippen molar-refractivity contribution in [2.75, 3.05) is 16.4 Å². The Hall–Kier alpha value is -5.11. The number of benzene rings is 3. The molecule has 0 saturated heterocycles. The van der Waals surface area contributed by atoms with Gasteiger partial charge in [-0.2, -0.15) is 0 Å². The first-order valence-corrected chi connectivity index (χ1v) is 11.7. The van der Waals surface area contributed by atoms with Gasteiger partial charge in [0.2, 0.25) is 0 Å². The zero-order chi connectivity index (χ0) is 26.1. The number of pyridine rings is 1. The van der Waals surface area contributed by atoms with E-state index in [4.69, 9.17) is 5.73 Å². The molecule has 0 saturated carbocycles. The average molecular weight is 492 g/mol. The number of anilines is 3. The number of H-pyrrole nitrogens is 1. The number of hydrogen-bond donors (Lipinski definition) is 4. The minimum atomic E-state index is -0.400. The number of carbonyl (C=O) groups excluding carboxylic acids is 2. The van der Waals surface area contributed by atoms with Gasteiger partial charge in [-0.15, -0.1) is 0 Å². The lowest BCUT2D eigenvalue weighted by Gasteiger charge is -2.09. The Morgan fingerprint density at radius 2 is 1.65 bits per heavy atom. The smallest absolute Gasteiger partial charge is 0.274 e. The second kappa shape index (κ2) is 9.50. The van der Waals surface area contributed by atoms with Crippen LogP contribution in [0.2, 0.25) is 0 Å². The molecular formula is C29H25N5O3. The van der Waals surface area contributed by atoms with Crippen molar-refractivity contribution in [3.63, 3.8) is 0 Å². The summed E-state index contributed by atoms with van der Waals surface area (Å²) in [4.78, 5) is 41.4. The van der Waals surface area contributed by atoms with Crippen molar-refractivity contribution >= 4 is 39.8 Å². The van der Waals surface area contributed by atoms with E-state index in [1.807, 2.05) is 31.2 Å². The summed E-state index contributed by atoms with van der Waals surface area (Å²) in [6, 6.07) is 23.2. The Labute approximate surface area is 212 Å². The number of para-hydroxylation sites is 2. The molecular weight excluding hydrogens is 466 g/mol. The van der Waals surface area contributed by atoms with E-state index >= 15 is 0 Å². The predicted molar refractivity (Wildman–Crippen MR) is 147 cm³/mol. The maximum Gasteiger partial charge on any atom is 0.274 e. The van der Waals surface area contributed by atoms with Crippen molar-refractivity contribution in [2.24, 2.45) is 7.05 Å². The fraction of sp³-hybridized carbons (Fsp3) is 0.0690. The molecule has 184 valence electrons. The number of carbonyl (C=O) groups is 2. The summed E-state index contributed by atoms with van der Waals surface area (Å²) >= 11 is 0. The molecule has 0 fully saturated rings. The molecule has 0 atom stereocenters. The summed E-state index contributed by atoms with van der Waals surface area (Å²) < 4.78 is 1.50. The summed E-state index contributed by atoms with van der Waals surface area (Å²) in [6.45, 7) is 2.00. The lowest BCUT2D eigenvalue weighted by Crippen LogP contribution is -2.17. The Morgan fingerprint density at radius 3 is 2.38 bits per heavy atom. The Morgan fingerprint density at radius 1 is 0.892 bits per heavy atom. The number of aromatic amines is 1. The van der Waals surface area contributed by atoms with Crippen LogP contribution in [-0.2, 0) is 7.05 Å². The van der Waals surface area contributed by atoms with Gasteiger partial charge in [0.1, 0.15) is 11.2 Å². The second-order valence-electron chi connectivity index (χ2n) is 8.87.